The standard InChI is InChI=1S/C19H27N3O3/c1-25-17-9-5-3-7-14(17)11-21-18(23)12-22-15-8-4-2-6-13(15)10-16(22)19(20)24/h3,5,7,9,13,15-16H,2,4,6,8,10-12H2,1H3,(H2,20,24)(H,21,23)/t13-,15-,16+/m1/s1. The molecule has 136 valence electrons. The molecule has 0 aromatic heterocycles. The lowest BCUT2D eigenvalue weighted by Crippen LogP contribution is -2.49. The van der Waals surface area contributed by atoms with E-state index in [0.29, 0.717) is 18.5 Å². The Balaban J connectivity index is 1.61. The Morgan fingerprint density at radius 1 is 1.28 bits per heavy atom. The number of ether oxygens (including phenoxy) is 1. The maximum Gasteiger partial charge on any atom is 0.234 e. The second-order valence-corrected chi connectivity index (χ2v) is 7.03. The first kappa shape index (κ1) is 17.7. The lowest BCUT2D eigenvalue weighted by molar-refractivity contribution is -0.126. The average Bonchev–Trinajstić information content (AvgIpc) is 2.99. The Kier molecular flexibility index (Phi) is 5.58. The molecule has 6 nitrogen and oxygen atoms in total. The van der Waals surface area contributed by atoms with Gasteiger partial charge in [0.1, 0.15) is 5.75 Å². The molecule has 0 bridgehead atoms. The number of methoxy groups -OCH3 is 1. The normalized spacial score (nSPS) is 26.0. The van der Waals surface area contributed by atoms with Crippen molar-refractivity contribution in [1.82, 2.24) is 10.2 Å². The SMILES string of the molecule is COc1ccccc1CNC(=O)CN1[C@@H]2CCCC[C@@H]2C[C@H]1C(N)=O. The molecule has 6 heteroatoms. The number of fused-ring (bicyclic) bond motifs is 1. The maximum atomic E-state index is 12.5. The van der Waals surface area contributed by atoms with Gasteiger partial charge in [0.05, 0.1) is 19.7 Å². The molecule has 1 saturated heterocycles. The van der Waals surface area contributed by atoms with E-state index < -0.39 is 0 Å². The summed E-state index contributed by atoms with van der Waals surface area (Å²) in [6, 6.07) is 7.61. The first-order valence-electron chi connectivity index (χ1n) is 9.03. The zero-order valence-corrected chi connectivity index (χ0v) is 14.7. The van der Waals surface area contributed by atoms with Crippen LogP contribution < -0.4 is 15.8 Å². The molecule has 1 aromatic carbocycles. The summed E-state index contributed by atoms with van der Waals surface area (Å²) in [6.07, 6.45) is 5.34. The fourth-order valence-corrected chi connectivity index (χ4v) is 4.32. The lowest BCUT2D eigenvalue weighted by Gasteiger charge is -2.32. The zero-order chi connectivity index (χ0) is 17.8. The number of hydrogen-bond acceptors (Lipinski definition) is 4. The molecular weight excluding hydrogens is 318 g/mol. The van der Waals surface area contributed by atoms with E-state index in [9.17, 15) is 9.59 Å². The summed E-state index contributed by atoms with van der Waals surface area (Å²) in [5.74, 6) is 0.856. The molecule has 3 N–H and O–H groups in total. The van der Waals surface area contributed by atoms with Gasteiger partial charge in [0.15, 0.2) is 0 Å². The second-order valence-electron chi connectivity index (χ2n) is 7.03. The van der Waals surface area contributed by atoms with Crippen molar-refractivity contribution < 1.29 is 14.3 Å². The first-order valence-corrected chi connectivity index (χ1v) is 9.03. The van der Waals surface area contributed by atoms with Crippen molar-refractivity contribution in [3.8, 4) is 5.75 Å². The minimum Gasteiger partial charge on any atom is -0.496 e. The van der Waals surface area contributed by atoms with E-state index >= 15 is 0 Å². The van der Waals surface area contributed by atoms with Gasteiger partial charge in [0.25, 0.3) is 0 Å². The van der Waals surface area contributed by atoms with E-state index in [0.717, 1.165) is 37.0 Å². The van der Waals surface area contributed by atoms with Crippen molar-refractivity contribution in [3.63, 3.8) is 0 Å². The average molecular weight is 345 g/mol. The van der Waals surface area contributed by atoms with Gasteiger partial charge < -0.3 is 15.8 Å². The van der Waals surface area contributed by atoms with Crippen LogP contribution in [0.4, 0.5) is 0 Å². The monoisotopic (exact) mass is 345 g/mol. The summed E-state index contributed by atoms with van der Waals surface area (Å²) in [5.41, 5.74) is 6.52. The van der Waals surface area contributed by atoms with Gasteiger partial charge in [-0.2, -0.15) is 0 Å². The predicted octanol–water partition coefficient (Wildman–Crippen LogP) is 1.43. The Bertz CT molecular complexity index is 634. The van der Waals surface area contributed by atoms with Crippen molar-refractivity contribution in [2.75, 3.05) is 13.7 Å². The fourth-order valence-electron chi connectivity index (χ4n) is 4.32. The molecular formula is C19H27N3O3. The summed E-state index contributed by atoms with van der Waals surface area (Å²) in [7, 11) is 1.62. The Labute approximate surface area is 148 Å². The zero-order valence-electron chi connectivity index (χ0n) is 14.7. The van der Waals surface area contributed by atoms with Crippen molar-refractivity contribution in [3.05, 3.63) is 29.8 Å². The number of amides is 2. The molecule has 2 fully saturated rings. The van der Waals surface area contributed by atoms with Crippen molar-refractivity contribution in [2.45, 2.75) is 50.7 Å². The molecule has 0 radical (unpaired) electrons. The van der Waals surface area contributed by atoms with E-state index in [2.05, 4.69) is 5.32 Å². The Hall–Kier alpha value is -2.08. The third-order valence-electron chi connectivity index (χ3n) is 5.54. The van der Waals surface area contributed by atoms with Crippen LogP contribution in [0, 0.1) is 5.92 Å². The summed E-state index contributed by atoms with van der Waals surface area (Å²) >= 11 is 0. The second kappa shape index (κ2) is 7.87. The number of benzene rings is 1. The van der Waals surface area contributed by atoms with Crippen LogP contribution in [0.3, 0.4) is 0 Å². The highest BCUT2D eigenvalue weighted by molar-refractivity contribution is 5.83. The van der Waals surface area contributed by atoms with Crippen LogP contribution in [0.25, 0.3) is 0 Å². The van der Waals surface area contributed by atoms with Crippen LogP contribution >= 0.6 is 0 Å². The molecule has 0 spiro atoms. The smallest absolute Gasteiger partial charge is 0.234 e. The summed E-state index contributed by atoms with van der Waals surface area (Å²) < 4.78 is 5.31. The van der Waals surface area contributed by atoms with E-state index in [-0.39, 0.29) is 24.4 Å². The van der Waals surface area contributed by atoms with E-state index in [4.69, 9.17) is 10.5 Å². The third-order valence-corrected chi connectivity index (χ3v) is 5.54. The molecule has 2 aliphatic rings. The minimum absolute atomic E-state index is 0.0802. The van der Waals surface area contributed by atoms with Gasteiger partial charge in [-0.25, -0.2) is 0 Å². The number of para-hydroxylation sites is 1. The largest absolute Gasteiger partial charge is 0.496 e. The van der Waals surface area contributed by atoms with E-state index in [1.807, 2.05) is 29.2 Å². The summed E-state index contributed by atoms with van der Waals surface area (Å²) in [6.45, 7) is 0.635. The number of nitrogens with zero attached hydrogens (tertiary/aromatic N) is 1. The van der Waals surface area contributed by atoms with Crippen LogP contribution in [-0.4, -0.2) is 42.5 Å². The molecule has 2 amide bonds. The highest BCUT2D eigenvalue weighted by atomic mass is 16.5. The highest BCUT2D eigenvalue weighted by Gasteiger charge is 2.44. The van der Waals surface area contributed by atoms with Crippen LogP contribution in [0.15, 0.2) is 24.3 Å². The number of likely N-dealkylation sites (tertiary alicyclic amines) is 1. The van der Waals surface area contributed by atoms with Crippen molar-refractivity contribution in [1.29, 1.82) is 0 Å². The van der Waals surface area contributed by atoms with Crippen LogP contribution in [0.1, 0.15) is 37.7 Å². The van der Waals surface area contributed by atoms with Crippen LogP contribution in [0.5, 0.6) is 5.75 Å². The summed E-state index contributed by atoms with van der Waals surface area (Å²) in [4.78, 5) is 26.3. The van der Waals surface area contributed by atoms with E-state index in [1.165, 1.54) is 6.42 Å². The number of nitrogens with two attached hydrogens (primary N) is 1. The molecule has 1 aromatic rings. The molecule has 1 aliphatic carbocycles. The van der Waals surface area contributed by atoms with Gasteiger partial charge in [-0.05, 0) is 31.2 Å². The predicted molar refractivity (Wildman–Crippen MR) is 94.9 cm³/mol. The van der Waals surface area contributed by atoms with Gasteiger partial charge in [0.2, 0.25) is 11.8 Å². The molecule has 1 aliphatic heterocycles. The Morgan fingerprint density at radius 2 is 2.04 bits per heavy atom. The third kappa shape index (κ3) is 3.95. The fraction of sp³-hybridized carbons (Fsp3) is 0.579. The lowest BCUT2D eigenvalue weighted by atomic mass is 9.84. The van der Waals surface area contributed by atoms with Gasteiger partial charge in [-0.15, -0.1) is 0 Å². The number of nitrogens with one attached hydrogen (secondary N) is 1. The number of rotatable bonds is 6. The van der Waals surface area contributed by atoms with Crippen LogP contribution in [-0.2, 0) is 16.1 Å². The first-order chi connectivity index (χ1) is 12.1. The van der Waals surface area contributed by atoms with Gasteiger partial charge in [0, 0.05) is 18.2 Å². The van der Waals surface area contributed by atoms with Crippen molar-refractivity contribution >= 4 is 11.8 Å². The maximum absolute atomic E-state index is 12.5. The molecule has 25 heavy (non-hydrogen) atoms. The van der Waals surface area contributed by atoms with Gasteiger partial charge >= 0.3 is 0 Å². The van der Waals surface area contributed by atoms with Crippen molar-refractivity contribution in [2.24, 2.45) is 11.7 Å². The Morgan fingerprint density at radius 3 is 2.80 bits per heavy atom. The molecule has 0 unspecified atom stereocenters. The number of hydrogen-bond donors (Lipinski definition) is 2. The quantitative estimate of drug-likeness (QED) is 0.817. The number of carbonyl (C=O) groups excluding carboxylic acids is 2. The van der Waals surface area contributed by atoms with Gasteiger partial charge in [-0.3, -0.25) is 14.5 Å². The summed E-state index contributed by atoms with van der Waals surface area (Å²) in [5, 5.41) is 2.94. The minimum atomic E-state index is -0.315. The molecule has 3 rings (SSSR count). The molecule has 3 atom stereocenters. The highest BCUT2D eigenvalue weighted by Crippen LogP contribution is 2.39. The molecule has 1 heterocycles. The molecule has 1 saturated carbocycles. The number of primary amides is 1. The number of carbonyl (C=O) groups is 2. The van der Waals surface area contributed by atoms with E-state index in [1.54, 1.807) is 7.11 Å². The van der Waals surface area contributed by atoms with Gasteiger partial charge in [-0.1, -0.05) is 31.0 Å². The van der Waals surface area contributed by atoms with Crippen LogP contribution in [0.2, 0.25) is 0 Å². The topological polar surface area (TPSA) is 84.7 Å².